The summed E-state index contributed by atoms with van der Waals surface area (Å²) < 4.78 is 0. The lowest BCUT2D eigenvalue weighted by molar-refractivity contribution is 0.0686. The number of rotatable bonds is 5. The van der Waals surface area contributed by atoms with Crippen LogP contribution < -0.4 is 5.32 Å². The van der Waals surface area contributed by atoms with Gasteiger partial charge in [-0.05, 0) is 37.4 Å². The summed E-state index contributed by atoms with van der Waals surface area (Å²) >= 11 is 1.66. The van der Waals surface area contributed by atoms with Crippen molar-refractivity contribution in [2.45, 2.75) is 26.4 Å². The number of hydrogen-bond acceptors (Lipinski definition) is 4. The summed E-state index contributed by atoms with van der Waals surface area (Å²) in [5.74, 6) is -0.0314. The molecule has 2 heterocycles. The summed E-state index contributed by atoms with van der Waals surface area (Å²) in [5, 5.41) is 5.02. The Morgan fingerprint density at radius 3 is 2.70 bits per heavy atom. The van der Waals surface area contributed by atoms with Crippen LogP contribution >= 0.6 is 11.3 Å². The van der Waals surface area contributed by atoms with E-state index in [1.54, 1.807) is 23.6 Å². The fourth-order valence-electron chi connectivity index (χ4n) is 1.87. The van der Waals surface area contributed by atoms with Crippen molar-refractivity contribution in [3.05, 3.63) is 46.4 Å². The molecule has 0 atom stereocenters. The van der Waals surface area contributed by atoms with Crippen LogP contribution in [0.2, 0.25) is 0 Å². The van der Waals surface area contributed by atoms with Crippen molar-refractivity contribution in [3.63, 3.8) is 0 Å². The van der Waals surface area contributed by atoms with Crippen molar-refractivity contribution in [1.82, 2.24) is 9.88 Å². The van der Waals surface area contributed by atoms with Crippen LogP contribution in [-0.2, 0) is 6.54 Å². The number of carbonyl (C=O) groups is 1. The van der Waals surface area contributed by atoms with Gasteiger partial charge >= 0.3 is 0 Å². The van der Waals surface area contributed by atoms with Gasteiger partial charge in [-0.1, -0.05) is 6.07 Å². The third kappa shape index (κ3) is 3.36. The Labute approximate surface area is 123 Å². The highest BCUT2D eigenvalue weighted by molar-refractivity contribution is 7.09. The Morgan fingerprint density at radius 1 is 1.40 bits per heavy atom. The summed E-state index contributed by atoms with van der Waals surface area (Å²) in [5.41, 5.74) is 1.38. The van der Waals surface area contributed by atoms with E-state index in [2.05, 4.69) is 10.3 Å². The van der Waals surface area contributed by atoms with Gasteiger partial charge in [-0.3, -0.25) is 4.79 Å². The topological polar surface area (TPSA) is 45.2 Å². The number of thiophene rings is 1. The zero-order valence-corrected chi connectivity index (χ0v) is 12.8. The summed E-state index contributed by atoms with van der Waals surface area (Å²) in [7, 11) is 1.83. The average Bonchev–Trinajstić information content (AvgIpc) is 2.97. The third-order valence-corrected chi connectivity index (χ3v) is 3.92. The number of pyridine rings is 1. The summed E-state index contributed by atoms with van der Waals surface area (Å²) in [6.45, 7) is 4.67. The number of nitrogens with zero attached hydrogens (tertiary/aromatic N) is 2. The maximum Gasteiger partial charge on any atom is 0.273 e. The molecular formula is C15H19N3OS. The van der Waals surface area contributed by atoms with E-state index < -0.39 is 0 Å². The van der Waals surface area contributed by atoms with Gasteiger partial charge in [-0.15, -0.1) is 11.3 Å². The Kier molecular flexibility index (Phi) is 4.74. The lowest BCUT2D eigenvalue weighted by Gasteiger charge is -2.26. The van der Waals surface area contributed by atoms with Crippen molar-refractivity contribution in [2.75, 3.05) is 12.4 Å². The molecule has 2 rings (SSSR count). The molecule has 4 nitrogen and oxygen atoms in total. The van der Waals surface area contributed by atoms with Gasteiger partial charge in [0.2, 0.25) is 0 Å². The van der Waals surface area contributed by atoms with Gasteiger partial charge in [0.05, 0.1) is 18.4 Å². The van der Waals surface area contributed by atoms with E-state index >= 15 is 0 Å². The minimum absolute atomic E-state index is 0.0314. The smallest absolute Gasteiger partial charge is 0.273 e. The second-order valence-electron chi connectivity index (χ2n) is 4.79. The van der Waals surface area contributed by atoms with Crippen LogP contribution in [0.3, 0.4) is 0 Å². The molecule has 0 aromatic carbocycles. The first-order valence-electron chi connectivity index (χ1n) is 6.59. The molecule has 2 aromatic heterocycles. The predicted molar refractivity (Wildman–Crippen MR) is 83.1 cm³/mol. The van der Waals surface area contributed by atoms with Gasteiger partial charge in [0.1, 0.15) is 5.69 Å². The quantitative estimate of drug-likeness (QED) is 0.919. The van der Waals surface area contributed by atoms with E-state index in [0.717, 1.165) is 5.69 Å². The molecular weight excluding hydrogens is 270 g/mol. The molecule has 0 fully saturated rings. The van der Waals surface area contributed by atoms with Gasteiger partial charge in [0, 0.05) is 18.0 Å². The monoisotopic (exact) mass is 289 g/mol. The summed E-state index contributed by atoms with van der Waals surface area (Å²) in [6, 6.07) is 7.81. The van der Waals surface area contributed by atoms with Crippen molar-refractivity contribution in [1.29, 1.82) is 0 Å². The maximum atomic E-state index is 12.6. The number of carbonyl (C=O) groups excluding carboxylic acids is 1. The first kappa shape index (κ1) is 14.5. The van der Waals surface area contributed by atoms with Gasteiger partial charge in [-0.25, -0.2) is 4.98 Å². The van der Waals surface area contributed by atoms with Gasteiger partial charge < -0.3 is 10.2 Å². The number of aromatic nitrogens is 1. The lowest BCUT2D eigenvalue weighted by Crippen LogP contribution is -2.36. The predicted octanol–water partition coefficient (Wildman–Crippen LogP) is 3.24. The highest BCUT2D eigenvalue weighted by Gasteiger charge is 2.20. The molecule has 20 heavy (non-hydrogen) atoms. The first-order valence-corrected chi connectivity index (χ1v) is 7.47. The largest absolute Gasteiger partial charge is 0.387 e. The number of anilines is 1. The SMILES string of the molecule is CNc1ccc(C(=O)N(Cc2cccs2)C(C)C)nc1. The number of nitrogens with one attached hydrogen (secondary N) is 1. The zero-order valence-electron chi connectivity index (χ0n) is 12.0. The van der Waals surface area contributed by atoms with Crippen LogP contribution in [0.15, 0.2) is 35.8 Å². The van der Waals surface area contributed by atoms with E-state index in [1.165, 1.54) is 4.88 Å². The molecule has 0 bridgehead atoms. The van der Waals surface area contributed by atoms with Gasteiger partial charge in [0.25, 0.3) is 5.91 Å². The van der Waals surface area contributed by atoms with E-state index in [1.807, 2.05) is 49.4 Å². The van der Waals surface area contributed by atoms with Crippen LogP contribution in [0, 0.1) is 0 Å². The van der Waals surface area contributed by atoms with Gasteiger partial charge in [-0.2, -0.15) is 0 Å². The lowest BCUT2D eigenvalue weighted by atomic mass is 10.2. The molecule has 106 valence electrons. The molecule has 5 heteroatoms. The van der Waals surface area contributed by atoms with Gasteiger partial charge in [0.15, 0.2) is 0 Å². The summed E-state index contributed by atoms with van der Waals surface area (Å²) in [4.78, 5) is 19.8. The fraction of sp³-hybridized carbons (Fsp3) is 0.333. The Bertz CT molecular complexity index is 549. The number of amides is 1. The van der Waals surface area contributed by atoms with Crippen molar-refractivity contribution < 1.29 is 4.79 Å². The highest BCUT2D eigenvalue weighted by atomic mass is 32.1. The Hall–Kier alpha value is -1.88. The summed E-state index contributed by atoms with van der Waals surface area (Å²) in [6.07, 6.45) is 1.68. The molecule has 0 aliphatic rings. The molecule has 0 saturated heterocycles. The average molecular weight is 289 g/mol. The maximum absolute atomic E-state index is 12.6. The van der Waals surface area contributed by atoms with Crippen molar-refractivity contribution >= 4 is 22.9 Å². The van der Waals surface area contributed by atoms with Crippen molar-refractivity contribution in [3.8, 4) is 0 Å². The standard InChI is InChI=1S/C15H19N3OS/c1-11(2)18(10-13-5-4-8-20-13)15(19)14-7-6-12(16-3)9-17-14/h4-9,11,16H,10H2,1-3H3. The minimum atomic E-state index is -0.0314. The molecule has 0 unspecified atom stereocenters. The molecule has 0 aliphatic heterocycles. The Morgan fingerprint density at radius 2 is 2.20 bits per heavy atom. The van der Waals surface area contributed by atoms with Crippen LogP contribution in [0.25, 0.3) is 0 Å². The van der Waals surface area contributed by atoms with E-state index in [9.17, 15) is 4.79 Å². The second kappa shape index (κ2) is 6.52. The highest BCUT2D eigenvalue weighted by Crippen LogP contribution is 2.16. The van der Waals surface area contributed by atoms with E-state index in [-0.39, 0.29) is 11.9 Å². The number of hydrogen-bond donors (Lipinski definition) is 1. The molecule has 1 amide bonds. The molecule has 1 N–H and O–H groups in total. The van der Waals surface area contributed by atoms with Crippen LogP contribution in [-0.4, -0.2) is 28.9 Å². The normalized spacial score (nSPS) is 10.6. The van der Waals surface area contributed by atoms with Crippen molar-refractivity contribution in [2.24, 2.45) is 0 Å². The van der Waals surface area contributed by atoms with Crippen LogP contribution in [0.4, 0.5) is 5.69 Å². The van der Waals surface area contributed by atoms with E-state index in [4.69, 9.17) is 0 Å². The fourth-order valence-corrected chi connectivity index (χ4v) is 2.58. The molecule has 0 radical (unpaired) electrons. The molecule has 0 spiro atoms. The first-order chi connectivity index (χ1) is 9.61. The van der Waals surface area contributed by atoms with Crippen LogP contribution in [0.5, 0.6) is 0 Å². The zero-order chi connectivity index (χ0) is 14.5. The molecule has 0 aliphatic carbocycles. The van der Waals surface area contributed by atoms with Crippen LogP contribution in [0.1, 0.15) is 29.2 Å². The van der Waals surface area contributed by atoms with E-state index in [0.29, 0.717) is 12.2 Å². The minimum Gasteiger partial charge on any atom is -0.387 e. The molecule has 0 saturated carbocycles. The third-order valence-electron chi connectivity index (χ3n) is 3.06. The molecule has 2 aromatic rings. The second-order valence-corrected chi connectivity index (χ2v) is 5.82. The Balaban J connectivity index is 2.17.